The fourth-order valence-electron chi connectivity index (χ4n) is 5.42. The van der Waals surface area contributed by atoms with Crippen molar-refractivity contribution in [3.05, 3.63) is 101 Å². The van der Waals surface area contributed by atoms with Crippen molar-refractivity contribution < 1.29 is 9.59 Å². The van der Waals surface area contributed by atoms with Gasteiger partial charge in [0.15, 0.2) is 0 Å². The molecule has 2 aliphatic heterocycles. The van der Waals surface area contributed by atoms with Crippen molar-refractivity contribution in [2.24, 2.45) is 0 Å². The third kappa shape index (κ3) is 4.97. The van der Waals surface area contributed by atoms with Gasteiger partial charge in [-0.05, 0) is 37.5 Å². The number of fused-ring (bicyclic) bond motifs is 1. The highest BCUT2D eigenvalue weighted by Gasteiger charge is 2.38. The number of carbonyl (C=O) groups excluding carboxylic acids is 2. The van der Waals surface area contributed by atoms with Gasteiger partial charge in [-0.1, -0.05) is 83.9 Å². The van der Waals surface area contributed by atoms with E-state index in [1.165, 1.54) is 0 Å². The first-order valence-corrected chi connectivity index (χ1v) is 14.6. The van der Waals surface area contributed by atoms with Crippen LogP contribution in [0.4, 0.5) is 5.82 Å². The topological polar surface area (TPSA) is 58.4 Å². The average molecular weight is 557 g/mol. The fraction of sp³-hybridized carbons (Fsp3) is 0.258. The minimum atomic E-state index is -0.165. The first kappa shape index (κ1) is 25.7. The molecule has 1 fully saturated rings. The molecule has 1 atom stereocenters. The zero-order valence-corrected chi connectivity index (χ0v) is 23.3. The Labute approximate surface area is 237 Å². The Kier molecular flexibility index (Phi) is 7.19. The molecular weight excluding hydrogens is 528 g/mol. The van der Waals surface area contributed by atoms with Crippen molar-refractivity contribution in [3.8, 4) is 16.9 Å². The van der Waals surface area contributed by atoms with E-state index >= 15 is 0 Å². The molecule has 6 nitrogen and oxygen atoms in total. The van der Waals surface area contributed by atoms with Gasteiger partial charge in [0.05, 0.1) is 27.4 Å². The van der Waals surface area contributed by atoms with Crippen LogP contribution >= 0.6 is 23.4 Å². The molecule has 1 saturated heterocycles. The Hall–Kier alpha value is -3.55. The predicted molar refractivity (Wildman–Crippen MR) is 158 cm³/mol. The maximum atomic E-state index is 13.8. The summed E-state index contributed by atoms with van der Waals surface area (Å²) in [5.41, 5.74) is 5.54. The highest BCUT2D eigenvalue weighted by Crippen LogP contribution is 2.49. The van der Waals surface area contributed by atoms with Crippen LogP contribution in [0.2, 0.25) is 5.02 Å². The molecule has 3 heterocycles. The van der Waals surface area contributed by atoms with E-state index < -0.39 is 0 Å². The van der Waals surface area contributed by atoms with E-state index in [9.17, 15) is 9.59 Å². The van der Waals surface area contributed by atoms with E-state index in [-0.39, 0.29) is 29.4 Å². The van der Waals surface area contributed by atoms with Gasteiger partial charge < -0.3 is 4.90 Å². The van der Waals surface area contributed by atoms with E-state index in [4.69, 9.17) is 16.7 Å². The first-order chi connectivity index (χ1) is 19.0. The molecular formula is C31H29ClN4O2S. The Morgan fingerprint density at radius 3 is 2.49 bits per heavy atom. The molecule has 0 aliphatic carbocycles. The van der Waals surface area contributed by atoms with Crippen LogP contribution in [0.5, 0.6) is 0 Å². The zero-order valence-electron chi connectivity index (χ0n) is 21.7. The molecule has 2 aliphatic rings. The lowest BCUT2D eigenvalue weighted by atomic mass is 9.98. The van der Waals surface area contributed by atoms with E-state index in [2.05, 4.69) is 25.1 Å². The number of carbonyl (C=O) groups is 2. The van der Waals surface area contributed by atoms with E-state index in [0.29, 0.717) is 16.5 Å². The number of anilines is 1. The molecule has 4 aromatic rings. The average Bonchev–Trinajstić information content (AvgIpc) is 3.59. The molecule has 0 saturated carbocycles. The molecule has 39 heavy (non-hydrogen) atoms. The number of amides is 2. The molecule has 1 unspecified atom stereocenters. The number of para-hydroxylation sites is 1. The number of rotatable bonds is 5. The van der Waals surface area contributed by atoms with Crippen molar-refractivity contribution in [2.45, 2.75) is 25.0 Å². The number of thioether (sulfide) groups is 1. The second-order valence-electron chi connectivity index (χ2n) is 9.99. The minimum Gasteiger partial charge on any atom is -0.341 e. The lowest BCUT2D eigenvalue weighted by molar-refractivity contribution is -0.130. The van der Waals surface area contributed by atoms with Gasteiger partial charge in [-0.15, -0.1) is 11.8 Å². The standard InChI is InChI=1S/C31H29ClN4O2S/c1-21-10-9-13-23(18-21)30-28-29(22-11-3-2-4-12-22)33-36(25-15-6-5-14-24(25)32)31(28)35(27(38)20-39-30)19-26(37)34-16-7-8-17-34/h2-6,9-15,18,30H,7-8,16-17,19-20H2,1H3. The molecule has 6 rings (SSSR count). The normalized spacial score (nSPS) is 17.3. The van der Waals surface area contributed by atoms with Crippen LogP contribution in [0.3, 0.4) is 0 Å². The van der Waals surface area contributed by atoms with Gasteiger partial charge in [-0.2, -0.15) is 5.10 Å². The summed E-state index contributed by atoms with van der Waals surface area (Å²) in [6.07, 6.45) is 1.98. The molecule has 0 bridgehead atoms. The Bertz CT molecular complexity index is 1530. The van der Waals surface area contributed by atoms with Gasteiger partial charge in [0, 0.05) is 24.2 Å². The molecule has 0 spiro atoms. The lowest BCUT2D eigenvalue weighted by Gasteiger charge is -2.25. The van der Waals surface area contributed by atoms with Crippen molar-refractivity contribution in [2.75, 3.05) is 30.3 Å². The summed E-state index contributed by atoms with van der Waals surface area (Å²) in [4.78, 5) is 30.8. The largest absolute Gasteiger partial charge is 0.341 e. The Balaban J connectivity index is 1.62. The predicted octanol–water partition coefficient (Wildman–Crippen LogP) is 6.29. The summed E-state index contributed by atoms with van der Waals surface area (Å²) in [6.45, 7) is 3.50. The number of hydrogen-bond acceptors (Lipinski definition) is 4. The van der Waals surface area contributed by atoms with Crippen LogP contribution in [0.15, 0.2) is 78.9 Å². The van der Waals surface area contributed by atoms with Crippen LogP contribution < -0.4 is 4.90 Å². The van der Waals surface area contributed by atoms with Crippen LogP contribution in [0, 0.1) is 6.92 Å². The summed E-state index contributed by atoms with van der Waals surface area (Å²) in [5, 5.41) is 5.48. The second kappa shape index (κ2) is 10.9. The smallest absolute Gasteiger partial charge is 0.242 e. The quantitative estimate of drug-likeness (QED) is 0.290. The molecule has 1 aromatic heterocycles. The van der Waals surface area contributed by atoms with E-state index in [1.807, 2.05) is 65.6 Å². The number of hydrogen-bond donors (Lipinski definition) is 0. The number of halogens is 1. The maximum Gasteiger partial charge on any atom is 0.242 e. The zero-order chi connectivity index (χ0) is 26.9. The molecule has 0 radical (unpaired) electrons. The highest BCUT2D eigenvalue weighted by atomic mass is 35.5. The third-order valence-electron chi connectivity index (χ3n) is 7.31. The van der Waals surface area contributed by atoms with Crippen LogP contribution in [0.25, 0.3) is 16.9 Å². The summed E-state index contributed by atoms with van der Waals surface area (Å²) in [5.74, 6) is 0.698. The third-order valence-corrected chi connectivity index (χ3v) is 8.89. The van der Waals surface area contributed by atoms with Crippen molar-refractivity contribution in [1.29, 1.82) is 0 Å². The number of aryl methyl sites for hydroxylation is 1. The fourth-order valence-corrected chi connectivity index (χ4v) is 6.82. The molecule has 3 aromatic carbocycles. The summed E-state index contributed by atoms with van der Waals surface area (Å²) in [7, 11) is 0. The second-order valence-corrected chi connectivity index (χ2v) is 11.5. The Morgan fingerprint density at radius 1 is 1.00 bits per heavy atom. The number of likely N-dealkylation sites (tertiary alicyclic amines) is 1. The lowest BCUT2D eigenvalue weighted by Crippen LogP contribution is -2.43. The molecule has 0 N–H and O–H groups in total. The number of nitrogens with zero attached hydrogens (tertiary/aromatic N) is 4. The highest BCUT2D eigenvalue weighted by molar-refractivity contribution is 8.00. The van der Waals surface area contributed by atoms with Gasteiger partial charge in [0.25, 0.3) is 0 Å². The van der Waals surface area contributed by atoms with Crippen molar-refractivity contribution in [1.82, 2.24) is 14.7 Å². The molecule has 198 valence electrons. The first-order valence-electron chi connectivity index (χ1n) is 13.2. The van der Waals surface area contributed by atoms with E-state index in [1.54, 1.807) is 21.3 Å². The van der Waals surface area contributed by atoms with Gasteiger partial charge in [0.2, 0.25) is 11.8 Å². The van der Waals surface area contributed by atoms with Crippen LogP contribution in [0.1, 0.15) is 34.8 Å². The van der Waals surface area contributed by atoms with E-state index in [0.717, 1.165) is 53.9 Å². The van der Waals surface area contributed by atoms with Gasteiger partial charge >= 0.3 is 0 Å². The molecule has 2 amide bonds. The van der Waals surface area contributed by atoms with Crippen LogP contribution in [-0.4, -0.2) is 51.9 Å². The maximum absolute atomic E-state index is 13.8. The van der Waals surface area contributed by atoms with Crippen molar-refractivity contribution >= 4 is 41.0 Å². The number of benzene rings is 3. The monoisotopic (exact) mass is 556 g/mol. The Morgan fingerprint density at radius 2 is 1.74 bits per heavy atom. The number of aromatic nitrogens is 2. The van der Waals surface area contributed by atoms with Crippen LogP contribution in [-0.2, 0) is 9.59 Å². The SMILES string of the molecule is Cc1cccc(C2SCC(=O)N(CC(=O)N3CCCC3)c3c2c(-c2ccccc2)nn3-c2ccccc2Cl)c1. The van der Waals surface area contributed by atoms with Gasteiger partial charge in [-0.3, -0.25) is 14.5 Å². The molecule has 8 heteroatoms. The van der Waals surface area contributed by atoms with Crippen molar-refractivity contribution in [3.63, 3.8) is 0 Å². The summed E-state index contributed by atoms with van der Waals surface area (Å²) < 4.78 is 1.77. The minimum absolute atomic E-state index is 0.0304. The summed E-state index contributed by atoms with van der Waals surface area (Å²) in [6, 6.07) is 25.9. The van der Waals surface area contributed by atoms with Gasteiger partial charge in [0.1, 0.15) is 12.4 Å². The van der Waals surface area contributed by atoms with Gasteiger partial charge in [-0.25, -0.2) is 4.68 Å². The summed E-state index contributed by atoms with van der Waals surface area (Å²) >= 11 is 8.30.